The van der Waals surface area contributed by atoms with Gasteiger partial charge in [-0.05, 0) is 50.5 Å². The van der Waals surface area contributed by atoms with Crippen molar-refractivity contribution in [3.63, 3.8) is 0 Å². The molecule has 0 bridgehead atoms. The molecule has 0 radical (unpaired) electrons. The lowest BCUT2D eigenvalue weighted by atomic mass is 9.88. The van der Waals surface area contributed by atoms with Crippen LogP contribution in [-0.4, -0.2) is 71.8 Å². The number of aliphatic hydroxyl groups is 3. The number of aliphatic hydroxyl groups excluding tert-OH is 3. The third kappa shape index (κ3) is 5.30. The van der Waals surface area contributed by atoms with Crippen molar-refractivity contribution < 1.29 is 15.3 Å². The van der Waals surface area contributed by atoms with Crippen molar-refractivity contribution in [2.75, 3.05) is 39.4 Å². The molecular formula is C15H30N2O3. The minimum atomic E-state index is -0.132. The third-order valence-corrected chi connectivity index (χ3v) is 4.54. The molecule has 0 aromatic rings. The summed E-state index contributed by atoms with van der Waals surface area (Å²) in [6.07, 6.45) is 5.01. The summed E-state index contributed by atoms with van der Waals surface area (Å²) in [7, 11) is 0. The Kier molecular flexibility index (Phi) is 6.71. The van der Waals surface area contributed by atoms with Crippen molar-refractivity contribution in [2.24, 2.45) is 11.8 Å². The van der Waals surface area contributed by atoms with Gasteiger partial charge in [0.05, 0.1) is 12.7 Å². The Hall–Kier alpha value is -0.200. The topological polar surface area (TPSA) is 76.0 Å². The van der Waals surface area contributed by atoms with Crippen LogP contribution >= 0.6 is 0 Å². The minimum absolute atomic E-state index is 0.132. The maximum absolute atomic E-state index is 10.1. The van der Waals surface area contributed by atoms with Crippen LogP contribution in [0.25, 0.3) is 0 Å². The van der Waals surface area contributed by atoms with E-state index in [1.165, 1.54) is 12.8 Å². The smallest absolute Gasteiger partial charge is 0.0571 e. The zero-order valence-electron chi connectivity index (χ0n) is 12.4. The van der Waals surface area contributed by atoms with Crippen LogP contribution in [0.1, 0.15) is 32.1 Å². The maximum atomic E-state index is 10.1. The number of rotatable bonds is 9. The molecule has 3 atom stereocenters. The number of nitrogens with one attached hydrogen (secondary N) is 1. The van der Waals surface area contributed by atoms with Crippen LogP contribution < -0.4 is 5.32 Å². The first-order chi connectivity index (χ1) is 9.72. The first-order valence-corrected chi connectivity index (χ1v) is 8.08. The molecule has 5 nitrogen and oxygen atoms in total. The van der Waals surface area contributed by atoms with E-state index in [4.69, 9.17) is 10.2 Å². The second kappa shape index (κ2) is 8.29. The Morgan fingerprint density at radius 2 is 1.95 bits per heavy atom. The highest BCUT2D eigenvalue weighted by Gasteiger charge is 2.34. The molecule has 5 heteroatoms. The molecule has 4 N–H and O–H groups in total. The van der Waals surface area contributed by atoms with Crippen molar-refractivity contribution in [3.8, 4) is 0 Å². The van der Waals surface area contributed by atoms with E-state index in [-0.39, 0.29) is 19.3 Å². The van der Waals surface area contributed by atoms with E-state index in [0.717, 1.165) is 38.9 Å². The Labute approximate surface area is 122 Å². The lowest BCUT2D eigenvalue weighted by molar-refractivity contribution is 0.0672. The van der Waals surface area contributed by atoms with Gasteiger partial charge in [-0.3, -0.25) is 4.90 Å². The molecule has 1 heterocycles. The molecule has 3 unspecified atom stereocenters. The van der Waals surface area contributed by atoms with Crippen LogP contribution in [-0.2, 0) is 0 Å². The van der Waals surface area contributed by atoms with E-state index >= 15 is 0 Å². The van der Waals surface area contributed by atoms with Crippen LogP contribution in [0.15, 0.2) is 0 Å². The molecule has 20 heavy (non-hydrogen) atoms. The van der Waals surface area contributed by atoms with Crippen LogP contribution in [0, 0.1) is 11.8 Å². The average Bonchev–Trinajstić information content (AvgIpc) is 3.23. The summed E-state index contributed by atoms with van der Waals surface area (Å²) in [6.45, 7) is 3.93. The SMILES string of the molecule is OCCCNC1CC(CC(O)C2CC2)CN(CCO)C1. The van der Waals surface area contributed by atoms with Crippen LogP contribution in [0.4, 0.5) is 0 Å². The van der Waals surface area contributed by atoms with Gasteiger partial charge in [0.1, 0.15) is 0 Å². The van der Waals surface area contributed by atoms with Gasteiger partial charge in [0, 0.05) is 32.3 Å². The molecule has 1 saturated heterocycles. The highest BCUT2D eigenvalue weighted by molar-refractivity contribution is 4.88. The molecular weight excluding hydrogens is 256 g/mol. The number of nitrogens with zero attached hydrogens (tertiary/aromatic N) is 1. The lowest BCUT2D eigenvalue weighted by Crippen LogP contribution is -2.50. The average molecular weight is 286 g/mol. The molecule has 0 amide bonds. The molecule has 1 aliphatic carbocycles. The summed E-state index contributed by atoms with van der Waals surface area (Å²) in [5, 5.41) is 31.6. The summed E-state index contributed by atoms with van der Waals surface area (Å²) in [6, 6.07) is 0.415. The first-order valence-electron chi connectivity index (χ1n) is 8.08. The number of hydrogen-bond acceptors (Lipinski definition) is 5. The second-order valence-electron chi connectivity index (χ2n) is 6.45. The fraction of sp³-hybridized carbons (Fsp3) is 1.00. The molecule has 0 aromatic carbocycles. The van der Waals surface area contributed by atoms with E-state index in [1.807, 2.05) is 0 Å². The molecule has 0 spiro atoms. The minimum Gasteiger partial charge on any atom is -0.396 e. The number of likely N-dealkylation sites (tertiary alicyclic amines) is 1. The van der Waals surface area contributed by atoms with Crippen molar-refractivity contribution in [1.29, 1.82) is 0 Å². The normalized spacial score (nSPS) is 29.6. The van der Waals surface area contributed by atoms with Gasteiger partial charge in [-0.2, -0.15) is 0 Å². The Morgan fingerprint density at radius 3 is 2.60 bits per heavy atom. The standard InChI is InChI=1S/C15H30N2O3/c18-6-1-4-16-14-8-12(9-15(20)13-2-3-13)10-17(11-14)5-7-19/h12-16,18-20H,1-11H2. The van der Waals surface area contributed by atoms with Gasteiger partial charge in [0.15, 0.2) is 0 Å². The van der Waals surface area contributed by atoms with Crippen molar-refractivity contribution in [3.05, 3.63) is 0 Å². The fourth-order valence-electron chi connectivity index (χ4n) is 3.35. The van der Waals surface area contributed by atoms with Gasteiger partial charge in [0.2, 0.25) is 0 Å². The van der Waals surface area contributed by atoms with Crippen LogP contribution in [0.3, 0.4) is 0 Å². The highest BCUT2D eigenvalue weighted by atomic mass is 16.3. The Balaban J connectivity index is 1.79. The Morgan fingerprint density at radius 1 is 1.15 bits per heavy atom. The predicted molar refractivity (Wildman–Crippen MR) is 78.5 cm³/mol. The largest absolute Gasteiger partial charge is 0.396 e. The van der Waals surface area contributed by atoms with Gasteiger partial charge in [0.25, 0.3) is 0 Å². The van der Waals surface area contributed by atoms with Crippen molar-refractivity contribution >= 4 is 0 Å². The first kappa shape index (κ1) is 16.2. The third-order valence-electron chi connectivity index (χ3n) is 4.54. The van der Waals surface area contributed by atoms with Gasteiger partial charge in [-0.15, -0.1) is 0 Å². The zero-order valence-corrected chi connectivity index (χ0v) is 12.4. The lowest BCUT2D eigenvalue weighted by Gasteiger charge is -2.38. The van der Waals surface area contributed by atoms with Crippen molar-refractivity contribution in [1.82, 2.24) is 10.2 Å². The molecule has 2 fully saturated rings. The Bertz CT molecular complexity index is 274. The van der Waals surface area contributed by atoms with Gasteiger partial charge < -0.3 is 20.6 Å². The molecule has 2 rings (SSSR count). The second-order valence-corrected chi connectivity index (χ2v) is 6.45. The zero-order chi connectivity index (χ0) is 14.4. The highest BCUT2D eigenvalue weighted by Crippen LogP contribution is 2.36. The van der Waals surface area contributed by atoms with Crippen LogP contribution in [0.2, 0.25) is 0 Å². The van der Waals surface area contributed by atoms with E-state index in [1.54, 1.807) is 0 Å². The van der Waals surface area contributed by atoms with E-state index in [9.17, 15) is 5.11 Å². The number of hydrogen-bond donors (Lipinski definition) is 4. The van der Waals surface area contributed by atoms with E-state index in [2.05, 4.69) is 10.2 Å². The maximum Gasteiger partial charge on any atom is 0.0571 e. The summed E-state index contributed by atoms with van der Waals surface area (Å²) in [5.74, 6) is 1.06. The van der Waals surface area contributed by atoms with Gasteiger partial charge in [-0.1, -0.05) is 0 Å². The number of piperidine rings is 1. The summed E-state index contributed by atoms with van der Waals surface area (Å²) >= 11 is 0. The quantitative estimate of drug-likeness (QED) is 0.442. The fourth-order valence-corrected chi connectivity index (χ4v) is 3.35. The summed E-state index contributed by atoms with van der Waals surface area (Å²) < 4.78 is 0. The molecule has 1 aliphatic heterocycles. The summed E-state index contributed by atoms with van der Waals surface area (Å²) in [5.41, 5.74) is 0. The van der Waals surface area contributed by atoms with Gasteiger partial charge >= 0.3 is 0 Å². The van der Waals surface area contributed by atoms with Crippen LogP contribution in [0.5, 0.6) is 0 Å². The monoisotopic (exact) mass is 286 g/mol. The van der Waals surface area contributed by atoms with E-state index in [0.29, 0.717) is 24.4 Å². The predicted octanol–water partition coefficient (Wildman–Crippen LogP) is -0.198. The molecule has 118 valence electrons. The van der Waals surface area contributed by atoms with Crippen molar-refractivity contribution in [2.45, 2.75) is 44.2 Å². The number of β-amino-alcohol motifs (C(OH)–C–C–N with tert-alkyl or cyclic N) is 1. The molecule has 1 saturated carbocycles. The van der Waals surface area contributed by atoms with E-state index < -0.39 is 0 Å². The summed E-state index contributed by atoms with van der Waals surface area (Å²) in [4.78, 5) is 2.30. The molecule has 0 aromatic heterocycles. The molecule has 2 aliphatic rings. The van der Waals surface area contributed by atoms with Gasteiger partial charge in [-0.25, -0.2) is 0 Å².